The molecule has 3 nitrogen and oxygen atoms in total. The lowest BCUT2D eigenvalue weighted by Crippen LogP contribution is -2.40. The van der Waals surface area contributed by atoms with Gasteiger partial charge in [-0.2, -0.15) is 0 Å². The van der Waals surface area contributed by atoms with Gasteiger partial charge in [0.05, 0.1) is 10.9 Å². The average Bonchev–Trinajstić information content (AvgIpc) is 2.03. The van der Waals surface area contributed by atoms with Crippen LogP contribution in [0.1, 0.15) is 33.1 Å². The van der Waals surface area contributed by atoms with Crippen LogP contribution >= 0.6 is 10.7 Å². The summed E-state index contributed by atoms with van der Waals surface area (Å²) in [6.07, 6.45) is 1.84. The molecule has 1 fully saturated rings. The first kappa shape index (κ1) is 11.3. The van der Waals surface area contributed by atoms with Crippen LogP contribution < -0.4 is 0 Å². The highest BCUT2D eigenvalue weighted by Gasteiger charge is 2.37. The largest absolute Gasteiger partial charge is 0.375 e. The van der Waals surface area contributed by atoms with Crippen molar-refractivity contribution in [3.05, 3.63) is 0 Å². The van der Waals surface area contributed by atoms with Crippen molar-refractivity contribution in [3.8, 4) is 0 Å². The molecule has 1 aliphatic heterocycles. The van der Waals surface area contributed by atoms with Crippen molar-refractivity contribution in [1.82, 2.24) is 0 Å². The first-order valence-electron chi connectivity index (χ1n) is 4.45. The number of halogens is 1. The standard InChI is InChI=1S/C8H15ClO3S/c1-3-8(2)6-7(4-5-12-8)13(9,10)11/h7H,3-6H2,1-2H3. The third kappa shape index (κ3) is 2.82. The lowest BCUT2D eigenvalue weighted by molar-refractivity contribution is -0.0652. The first-order chi connectivity index (χ1) is 5.87. The van der Waals surface area contributed by atoms with Gasteiger partial charge in [-0.3, -0.25) is 0 Å². The molecule has 0 aromatic heterocycles. The van der Waals surface area contributed by atoms with E-state index >= 15 is 0 Å². The summed E-state index contributed by atoms with van der Waals surface area (Å²) in [5, 5.41) is -0.437. The zero-order chi connectivity index (χ0) is 10.1. The second-order valence-corrected chi connectivity index (χ2v) is 6.65. The van der Waals surface area contributed by atoms with E-state index in [4.69, 9.17) is 15.4 Å². The van der Waals surface area contributed by atoms with Crippen molar-refractivity contribution < 1.29 is 13.2 Å². The Morgan fingerprint density at radius 3 is 2.69 bits per heavy atom. The van der Waals surface area contributed by atoms with Gasteiger partial charge in [0.15, 0.2) is 0 Å². The van der Waals surface area contributed by atoms with Crippen molar-refractivity contribution in [2.75, 3.05) is 6.61 Å². The lowest BCUT2D eigenvalue weighted by atomic mass is 9.93. The fraction of sp³-hybridized carbons (Fsp3) is 1.00. The molecule has 0 aromatic rings. The molecule has 78 valence electrons. The maximum Gasteiger partial charge on any atom is 0.235 e. The van der Waals surface area contributed by atoms with Gasteiger partial charge in [0.2, 0.25) is 9.05 Å². The maximum absolute atomic E-state index is 11.1. The molecule has 0 bridgehead atoms. The molecule has 1 heterocycles. The van der Waals surface area contributed by atoms with Crippen molar-refractivity contribution in [2.45, 2.75) is 44.0 Å². The Morgan fingerprint density at radius 1 is 1.62 bits per heavy atom. The monoisotopic (exact) mass is 226 g/mol. The molecular formula is C8H15ClO3S. The highest BCUT2D eigenvalue weighted by atomic mass is 35.7. The van der Waals surface area contributed by atoms with Gasteiger partial charge in [0.25, 0.3) is 0 Å². The summed E-state index contributed by atoms with van der Waals surface area (Å²) in [4.78, 5) is 0. The summed E-state index contributed by atoms with van der Waals surface area (Å²) in [5.41, 5.74) is -0.315. The molecule has 0 spiro atoms. The molecule has 1 rings (SSSR count). The summed E-state index contributed by atoms with van der Waals surface area (Å²) in [7, 11) is 1.90. The molecule has 0 aliphatic carbocycles. The summed E-state index contributed by atoms with van der Waals surface area (Å²) in [5.74, 6) is 0. The van der Waals surface area contributed by atoms with E-state index in [1.807, 2.05) is 13.8 Å². The van der Waals surface area contributed by atoms with E-state index in [0.717, 1.165) is 6.42 Å². The quantitative estimate of drug-likeness (QED) is 0.676. The van der Waals surface area contributed by atoms with Crippen molar-refractivity contribution in [2.24, 2.45) is 0 Å². The zero-order valence-electron chi connectivity index (χ0n) is 7.92. The van der Waals surface area contributed by atoms with E-state index in [1.54, 1.807) is 0 Å². The zero-order valence-corrected chi connectivity index (χ0v) is 9.49. The molecule has 0 saturated carbocycles. The van der Waals surface area contributed by atoms with Crippen LogP contribution in [0.4, 0.5) is 0 Å². The number of hydrogen-bond donors (Lipinski definition) is 0. The van der Waals surface area contributed by atoms with Crippen molar-refractivity contribution in [3.63, 3.8) is 0 Å². The second-order valence-electron chi connectivity index (χ2n) is 3.74. The van der Waals surface area contributed by atoms with Crippen LogP contribution in [0.3, 0.4) is 0 Å². The van der Waals surface area contributed by atoms with E-state index in [-0.39, 0.29) is 5.60 Å². The molecule has 1 saturated heterocycles. The minimum absolute atomic E-state index is 0.315. The summed E-state index contributed by atoms with van der Waals surface area (Å²) >= 11 is 0. The Morgan fingerprint density at radius 2 is 2.23 bits per heavy atom. The molecule has 5 heteroatoms. The average molecular weight is 227 g/mol. The van der Waals surface area contributed by atoms with Crippen LogP contribution in [0.15, 0.2) is 0 Å². The van der Waals surface area contributed by atoms with Gasteiger partial charge in [0, 0.05) is 17.3 Å². The third-order valence-corrected chi connectivity index (χ3v) is 4.65. The van der Waals surface area contributed by atoms with Crippen LogP contribution in [0.2, 0.25) is 0 Å². The molecule has 0 N–H and O–H groups in total. The topological polar surface area (TPSA) is 43.4 Å². The predicted octanol–water partition coefficient (Wildman–Crippen LogP) is 1.90. The summed E-state index contributed by atoms with van der Waals surface area (Å²) < 4.78 is 27.7. The molecule has 2 unspecified atom stereocenters. The van der Waals surface area contributed by atoms with Gasteiger partial charge < -0.3 is 4.74 Å². The van der Waals surface area contributed by atoms with E-state index in [1.165, 1.54) is 0 Å². The van der Waals surface area contributed by atoms with Gasteiger partial charge in [-0.1, -0.05) is 6.92 Å². The van der Waals surface area contributed by atoms with Crippen molar-refractivity contribution >= 4 is 19.7 Å². The SMILES string of the molecule is CCC1(C)CC(S(=O)(=O)Cl)CCO1. The van der Waals surface area contributed by atoms with Crippen LogP contribution in [0, 0.1) is 0 Å². The number of ether oxygens (including phenoxy) is 1. The summed E-state index contributed by atoms with van der Waals surface area (Å²) in [6.45, 7) is 4.41. The van der Waals surface area contributed by atoms with Gasteiger partial charge in [0.1, 0.15) is 0 Å². The van der Waals surface area contributed by atoms with Crippen molar-refractivity contribution in [1.29, 1.82) is 0 Å². The predicted molar refractivity (Wildman–Crippen MR) is 52.4 cm³/mol. The second kappa shape index (κ2) is 3.75. The molecular weight excluding hydrogens is 212 g/mol. The lowest BCUT2D eigenvalue weighted by Gasteiger charge is -2.36. The number of hydrogen-bond acceptors (Lipinski definition) is 3. The Hall–Kier alpha value is 0.200. The molecule has 0 aromatic carbocycles. The Labute approximate surface area is 83.8 Å². The molecule has 1 aliphatic rings. The molecule has 0 radical (unpaired) electrons. The van der Waals surface area contributed by atoms with E-state index < -0.39 is 14.3 Å². The van der Waals surface area contributed by atoms with Crippen LogP contribution in [-0.4, -0.2) is 25.9 Å². The minimum Gasteiger partial charge on any atom is -0.375 e. The third-order valence-electron chi connectivity index (χ3n) is 2.70. The molecule has 0 amide bonds. The Balaban J connectivity index is 2.73. The minimum atomic E-state index is -3.41. The molecule has 13 heavy (non-hydrogen) atoms. The smallest absolute Gasteiger partial charge is 0.235 e. The fourth-order valence-electron chi connectivity index (χ4n) is 1.57. The summed E-state index contributed by atoms with van der Waals surface area (Å²) in [6, 6.07) is 0. The normalized spacial score (nSPS) is 36.1. The highest BCUT2D eigenvalue weighted by molar-refractivity contribution is 8.14. The van der Waals surface area contributed by atoms with Crippen LogP contribution in [-0.2, 0) is 13.8 Å². The van der Waals surface area contributed by atoms with E-state index in [0.29, 0.717) is 19.4 Å². The van der Waals surface area contributed by atoms with E-state index in [2.05, 4.69) is 0 Å². The van der Waals surface area contributed by atoms with Crippen LogP contribution in [0.5, 0.6) is 0 Å². The molecule has 2 atom stereocenters. The first-order valence-corrected chi connectivity index (χ1v) is 6.82. The number of rotatable bonds is 2. The van der Waals surface area contributed by atoms with Gasteiger partial charge >= 0.3 is 0 Å². The van der Waals surface area contributed by atoms with E-state index in [9.17, 15) is 8.42 Å². The maximum atomic E-state index is 11.1. The van der Waals surface area contributed by atoms with Gasteiger partial charge in [-0.05, 0) is 26.2 Å². The Bertz CT molecular complexity index is 275. The Kier molecular flexibility index (Phi) is 3.25. The fourth-order valence-corrected chi connectivity index (χ4v) is 2.95. The highest BCUT2D eigenvalue weighted by Crippen LogP contribution is 2.32. The van der Waals surface area contributed by atoms with Crippen LogP contribution in [0.25, 0.3) is 0 Å². The van der Waals surface area contributed by atoms with Gasteiger partial charge in [-0.15, -0.1) is 0 Å². The van der Waals surface area contributed by atoms with Gasteiger partial charge in [-0.25, -0.2) is 8.42 Å².